The summed E-state index contributed by atoms with van der Waals surface area (Å²) in [5.41, 5.74) is 2.94. The number of anilines is 2. The van der Waals surface area contributed by atoms with Gasteiger partial charge in [-0.05, 0) is 31.5 Å². The topological polar surface area (TPSA) is 66.3 Å². The molecule has 25 heavy (non-hydrogen) atoms. The highest BCUT2D eigenvalue weighted by Gasteiger charge is 2.20. The Balaban J connectivity index is 2.15. The van der Waals surface area contributed by atoms with Crippen molar-refractivity contribution in [2.24, 2.45) is 0 Å². The van der Waals surface area contributed by atoms with E-state index in [1.54, 1.807) is 0 Å². The van der Waals surface area contributed by atoms with Gasteiger partial charge in [-0.3, -0.25) is 0 Å². The SMILES string of the molecule is CCN(c1cccc(C)c1)c1nc(-c2ccccc2)ncc1C(=O)O. The molecule has 0 spiro atoms. The first-order valence-electron chi connectivity index (χ1n) is 8.10. The molecule has 3 aromatic rings. The third-order valence-corrected chi connectivity index (χ3v) is 3.92. The maximum atomic E-state index is 11.7. The zero-order valence-electron chi connectivity index (χ0n) is 14.2. The van der Waals surface area contributed by atoms with E-state index in [0.29, 0.717) is 18.2 Å². The number of aromatic nitrogens is 2. The number of carboxylic acids is 1. The maximum Gasteiger partial charge on any atom is 0.341 e. The van der Waals surface area contributed by atoms with Gasteiger partial charge >= 0.3 is 5.97 Å². The number of hydrogen-bond acceptors (Lipinski definition) is 4. The Labute approximate surface area is 146 Å². The molecular weight excluding hydrogens is 314 g/mol. The Morgan fingerprint density at radius 2 is 1.88 bits per heavy atom. The van der Waals surface area contributed by atoms with Crippen molar-refractivity contribution in [2.45, 2.75) is 13.8 Å². The van der Waals surface area contributed by atoms with Crippen LogP contribution in [0, 0.1) is 6.92 Å². The summed E-state index contributed by atoms with van der Waals surface area (Å²) < 4.78 is 0. The van der Waals surface area contributed by atoms with Gasteiger partial charge in [0.25, 0.3) is 0 Å². The van der Waals surface area contributed by atoms with Gasteiger partial charge in [0, 0.05) is 24.0 Å². The minimum Gasteiger partial charge on any atom is -0.477 e. The molecule has 0 radical (unpaired) electrons. The fourth-order valence-electron chi connectivity index (χ4n) is 2.71. The van der Waals surface area contributed by atoms with Gasteiger partial charge in [0.05, 0.1) is 0 Å². The fourth-order valence-corrected chi connectivity index (χ4v) is 2.71. The number of hydrogen-bond donors (Lipinski definition) is 1. The molecule has 0 bridgehead atoms. The van der Waals surface area contributed by atoms with Gasteiger partial charge in [-0.2, -0.15) is 0 Å². The van der Waals surface area contributed by atoms with Crippen molar-refractivity contribution < 1.29 is 9.90 Å². The van der Waals surface area contributed by atoms with Crippen LogP contribution in [0.2, 0.25) is 0 Å². The molecule has 1 heterocycles. The Morgan fingerprint density at radius 3 is 2.52 bits per heavy atom. The van der Waals surface area contributed by atoms with E-state index in [1.807, 2.05) is 73.3 Å². The number of benzene rings is 2. The lowest BCUT2D eigenvalue weighted by Gasteiger charge is -2.24. The van der Waals surface area contributed by atoms with Gasteiger partial charge in [0.2, 0.25) is 0 Å². The first-order valence-corrected chi connectivity index (χ1v) is 8.10. The van der Waals surface area contributed by atoms with E-state index in [2.05, 4.69) is 9.97 Å². The van der Waals surface area contributed by atoms with Crippen molar-refractivity contribution in [3.05, 3.63) is 71.9 Å². The van der Waals surface area contributed by atoms with E-state index >= 15 is 0 Å². The van der Waals surface area contributed by atoms with Gasteiger partial charge < -0.3 is 10.0 Å². The minimum absolute atomic E-state index is 0.0861. The van der Waals surface area contributed by atoms with Crippen molar-refractivity contribution in [2.75, 3.05) is 11.4 Å². The van der Waals surface area contributed by atoms with E-state index in [0.717, 1.165) is 16.8 Å². The second-order valence-corrected chi connectivity index (χ2v) is 5.69. The highest BCUT2D eigenvalue weighted by Crippen LogP contribution is 2.29. The van der Waals surface area contributed by atoms with Crippen molar-refractivity contribution in [3.63, 3.8) is 0 Å². The number of nitrogens with zero attached hydrogens (tertiary/aromatic N) is 3. The van der Waals surface area contributed by atoms with Gasteiger partial charge in [0.15, 0.2) is 11.6 Å². The standard InChI is InChI=1S/C20H19N3O2/c1-3-23(16-11-7-8-14(2)12-16)19-17(20(24)25)13-21-18(22-19)15-9-5-4-6-10-15/h4-13H,3H2,1-2H3,(H,24,25). The molecule has 0 amide bonds. The molecule has 0 aliphatic carbocycles. The normalized spacial score (nSPS) is 10.5. The first kappa shape index (κ1) is 16.6. The third-order valence-electron chi connectivity index (χ3n) is 3.92. The Morgan fingerprint density at radius 1 is 1.12 bits per heavy atom. The third kappa shape index (κ3) is 3.50. The summed E-state index contributed by atoms with van der Waals surface area (Å²) in [5.74, 6) is -0.137. The predicted octanol–water partition coefficient (Wildman–Crippen LogP) is 4.31. The lowest BCUT2D eigenvalue weighted by molar-refractivity contribution is 0.0697. The number of aromatic carboxylic acids is 1. The average molecular weight is 333 g/mol. The summed E-state index contributed by atoms with van der Waals surface area (Å²) in [6.45, 7) is 4.57. The largest absolute Gasteiger partial charge is 0.477 e. The first-order chi connectivity index (χ1) is 12.1. The van der Waals surface area contributed by atoms with Crippen LogP contribution in [0.1, 0.15) is 22.8 Å². The summed E-state index contributed by atoms with van der Waals surface area (Å²) >= 11 is 0. The van der Waals surface area contributed by atoms with Crippen LogP contribution in [-0.4, -0.2) is 27.6 Å². The lowest BCUT2D eigenvalue weighted by atomic mass is 10.1. The van der Waals surface area contributed by atoms with Crippen LogP contribution in [0.5, 0.6) is 0 Å². The summed E-state index contributed by atoms with van der Waals surface area (Å²) in [4.78, 5) is 22.4. The average Bonchev–Trinajstić information content (AvgIpc) is 2.63. The van der Waals surface area contributed by atoms with Crippen LogP contribution in [-0.2, 0) is 0 Å². The zero-order chi connectivity index (χ0) is 17.8. The molecule has 0 atom stereocenters. The van der Waals surface area contributed by atoms with E-state index in [4.69, 9.17) is 0 Å². The lowest BCUT2D eigenvalue weighted by Crippen LogP contribution is -2.21. The smallest absolute Gasteiger partial charge is 0.341 e. The molecule has 5 heteroatoms. The Kier molecular flexibility index (Phi) is 4.75. The van der Waals surface area contributed by atoms with E-state index in [9.17, 15) is 9.90 Å². The maximum absolute atomic E-state index is 11.7. The molecule has 1 N–H and O–H groups in total. The molecule has 5 nitrogen and oxygen atoms in total. The quantitative estimate of drug-likeness (QED) is 0.754. The van der Waals surface area contributed by atoms with Crippen LogP contribution >= 0.6 is 0 Å². The molecule has 2 aromatic carbocycles. The molecule has 0 saturated heterocycles. The van der Waals surface area contributed by atoms with Crippen molar-refractivity contribution in [1.82, 2.24) is 9.97 Å². The van der Waals surface area contributed by atoms with Gasteiger partial charge in [-0.1, -0.05) is 42.5 Å². The van der Waals surface area contributed by atoms with Crippen LogP contribution in [0.25, 0.3) is 11.4 Å². The second-order valence-electron chi connectivity index (χ2n) is 5.69. The van der Waals surface area contributed by atoms with Crippen LogP contribution < -0.4 is 4.90 Å². The summed E-state index contributed by atoms with van der Waals surface area (Å²) in [7, 11) is 0. The number of carboxylic acid groups (broad SMARTS) is 1. The second kappa shape index (κ2) is 7.13. The minimum atomic E-state index is -1.04. The van der Waals surface area contributed by atoms with E-state index < -0.39 is 5.97 Å². The Hall–Kier alpha value is -3.21. The summed E-state index contributed by atoms with van der Waals surface area (Å²) in [6.07, 6.45) is 1.38. The van der Waals surface area contributed by atoms with Crippen LogP contribution in [0.4, 0.5) is 11.5 Å². The molecular formula is C20H19N3O2. The summed E-state index contributed by atoms with van der Waals surface area (Å²) in [5, 5.41) is 9.57. The van der Waals surface area contributed by atoms with Crippen molar-refractivity contribution in [3.8, 4) is 11.4 Å². The predicted molar refractivity (Wildman–Crippen MR) is 98.3 cm³/mol. The zero-order valence-corrected chi connectivity index (χ0v) is 14.2. The molecule has 0 fully saturated rings. The highest BCUT2D eigenvalue weighted by molar-refractivity contribution is 5.94. The van der Waals surface area contributed by atoms with E-state index in [-0.39, 0.29) is 5.56 Å². The van der Waals surface area contributed by atoms with Gasteiger partial charge in [-0.25, -0.2) is 14.8 Å². The van der Waals surface area contributed by atoms with E-state index in [1.165, 1.54) is 6.20 Å². The number of carbonyl (C=O) groups is 1. The van der Waals surface area contributed by atoms with Crippen LogP contribution in [0.3, 0.4) is 0 Å². The number of rotatable bonds is 5. The van der Waals surface area contributed by atoms with Gasteiger partial charge in [0.1, 0.15) is 5.56 Å². The van der Waals surface area contributed by atoms with Crippen LogP contribution in [0.15, 0.2) is 60.8 Å². The molecule has 1 aromatic heterocycles. The van der Waals surface area contributed by atoms with Crippen molar-refractivity contribution in [1.29, 1.82) is 0 Å². The summed E-state index contributed by atoms with van der Waals surface area (Å²) in [6, 6.07) is 17.5. The van der Waals surface area contributed by atoms with Gasteiger partial charge in [-0.15, -0.1) is 0 Å². The molecule has 3 rings (SSSR count). The molecule has 0 unspecified atom stereocenters. The Bertz CT molecular complexity index is 894. The molecule has 0 aliphatic rings. The number of aryl methyl sites for hydroxylation is 1. The highest BCUT2D eigenvalue weighted by atomic mass is 16.4. The molecule has 126 valence electrons. The monoisotopic (exact) mass is 333 g/mol. The molecule has 0 aliphatic heterocycles. The van der Waals surface area contributed by atoms with Crippen molar-refractivity contribution >= 4 is 17.5 Å². The fraction of sp³-hybridized carbons (Fsp3) is 0.150. The molecule has 0 saturated carbocycles.